The van der Waals surface area contributed by atoms with Gasteiger partial charge in [-0.3, -0.25) is 29.3 Å². The molecule has 3 aromatic rings. The zero-order chi connectivity index (χ0) is 30.1. The van der Waals surface area contributed by atoms with Crippen molar-refractivity contribution in [1.82, 2.24) is 10.0 Å². The van der Waals surface area contributed by atoms with Crippen LogP contribution < -0.4 is 4.74 Å². The molecule has 0 aromatic heterocycles. The number of nitro benzene ring substituents is 1. The van der Waals surface area contributed by atoms with E-state index in [1.165, 1.54) is 66.7 Å². The maximum Gasteiger partial charge on any atom is 0.274 e. The summed E-state index contributed by atoms with van der Waals surface area (Å²) in [5.74, 6) is -2.44. The predicted octanol–water partition coefficient (Wildman–Crippen LogP) is 6.36. The molecule has 2 aliphatic rings. The molecule has 216 valence electrons. The first-order valence-corrected chi connectivity index (χ1v) is 14.0. The Bertz CT molecular complexity index is 1580. The van der Waals surface area contributed by atoms with Crippen molar-refractivity contribution in [2.45, 2.75) is 26.2 Å². The number of nitro groups is 1. The van der Waals surface area contributed by atoms with Crippen LogP contribution in [0.3, 0.4) is 0 Å². The van der Waals surface area contributed by atoms with Crippen LogP contribution in [0.5, 0.6) is 11.5 Å². The highest BCUT2D eigenvalue weighted by atomic mass is 35.5. The Labute approximate surface area is 250 Å². The Morgan fingerprint density at radius 3 is 2.19 bits per heavy atom. The molecule has 3 atom stereocenters. The van der Waals surface area contributed by atoms with E-state index in [-0.39, 0.29) is 27.8 Å². The minimum absolute atomic E-state index is 0.00967. The number of ketones is 1. The summed E-state index contributed by atoms with van der Waals surface area (Å²) in [5, 5.41) is 12.9. The lowest BCUT2D eigenvalue weighted by Gasteiger charge is -2.30. The number of carbonyl (C=O) groups excluding carboxylic acids is 4. The second kappa shape index (κ2) is 11.9. The number of halogens is 2. The molecule has 0 bridgehead atoms. The van der Waals surface area contributed by atoms with Gasteiger partial charge in [0, 0.05) is 22.7 Å². The van der Waals surface area contributed by atoms with E-state index in [2.05, 4.69) is 0 Å². The minimum Gasteiger partial charge on any atom is -0.457 e. The number of imide groups is 1. The van der Waals surface area contributed by atoms with Gasteiger partial charge in [-0.1, -0.05) is 30.1 Å². The standard InChI is InChI=1S/C30H25Cl2N3O7/c1-17-2-12-23-25(14-17)30(39)34(29(23)38)33(28(37)24-13-5-19(31)15-26(24)32)16-27(36)18-3-8-21(9-4-18)42-22-10-6-20(7-11-22)35(40)41/h3-11,13,15,17,23,25H,2,12,14,16H2,1H3/t17-,23+,25-/m1/s1. The summed E-state index contributed by atoms with van der Waals surface area (Å²) < 4.78 is 5.70. The predicted molar refractivity (Wildman–Crippen MR) is 153 cm³/mol. The van der Waals surface area contributed by atoms with Crippen molar-refractivity contribution in [1.29, 1.82) is 0 Å². The number of carbonyl (C=O) groups is 4. The zero-order valence-corrected chi connectivity index (χ0v) is 23.9. The second-order valence-corrected chi connectivity index (χ2v) is 11.3. The number of amides is 3. The van der Waals surface area contributed by atoms with Crippen LogP contribution in [0.15, 0.2) is 66.7 Å². The van der Waals surface area contributed by atoms with E-state index in [9.17, 15) is 29.3 Å². The number of hydrogen-bond donors (Lipinski definition) is 0. The Balaban J connectivity index is 1.39. The fraction of sp³-hybridized carbons (Fsp3) is 0.267. The number of rotatable bonds is 8. The summed E-state index contributed by atoms with van der Waals surface area (Å²) in [4.78, 5) is 64.5. The van der Waals surface area contributed by atoms with E-state index >= 15 is 0 Å². The van der Waals surface area contributed by atoms with Gasteiger partial charge in [-0.15, -0.1) is 0 Å². The van der Waals surface area contributed by atoms with Crippen molar-refractivity contribution in [3.63, 3.8) is 0 Å². The Morgan fingerprint density at radius 2 is 1.57 bits per heavy atom. The van der Waals surface area contributed by atoms with E-state index < -0.39 is 46.8 Å². The van der Waals surface area contributed by atoms with E-state index in [1.54, 1.807) is 0 Å². The molecule has 0 radical (unpaired) electrons. The summed E-state index contributed by atoms with van der Waals surface area (Å²) in [6.07, 6.45) is 1.85. The molecule has 12 heteroatoms. The molecular formula is C30H25Cl2N3O7. The summed E-state index contributed by atoms with van der Waals surface area (Å²) in [6, 6.07) is 15.7. The van der Waals surface area contributed by atoms with Crippen molar-refractivity contribution in [2.75, 3.05) is 6.54 Å². The fourth-order valence-corrected chi connectivity index (χ4v) is 5.84. The van der Waals surface area contributed by atoms with Crippen LogP contribution in [0.2, 0.25) is 10.0 Å². The minimum atomic E-state index is -0.781. The van der Waals surface area contributed by atoms with Crippen molar-refractivity contribution in [2.24, 2.45) is 17.8 Å². The lowest BCUT2D eigenvalue weighted by molar-refractivity contribution is -0.384. The number of ether oxygens (including phenoxy) is 1. The van der Waals surface area contributed by atoms with Crippen molar-refractivity contribution < 1.29 is 28.8 Å². The third-order valence-electron chi connectivity index (χ3n) is 7.55. The summed E-state index contributed by atoms with van der Waals surface area (Å²) >= 11 is 12.3. The van der Waals surface area contributed by atoms with E-state index in [0.717, 1.165) is 16.4 Å². The number of hydrogen-bond acceptors (Lipinski definition) is 7. The molecule has 2 fully saturated rings. The number of nitrogens with zero attached hydrogens (tertiary/aromatic N) is 3. The van der Waals surface area contributed by atoms with E-state index in [0.29, 0.717) is 29.4 Å². The molecule has 42 heavy (non-hydrogen) atoms. The average Bonchev–Trinajstić information content (AvgIpc) is 3.20. The number of benzene rings is 3. The highest BCUT2D eigenvalue weighted by Crippen LogP contribution is 2.41. The van der Waals surface area contributed by atoms with Gasteiger partial charge in [0.25, 0.3) is 23.4 Å². The molecule has 3 amide bonds. The number of non-ortho nitro benzene ring substituents is 1. The summed E-state index contributed by atoms with van der Waals surface area (Å²) in [5.41, 5.74) is 0.117. The van der Waals surface area contributed by atoms with Gasteiger partial charge in [0.15, 0.2) is 5.78 Å². The molecule has 0 spiro atoms. The van der Waals surface area contributed by atoms with Gasteiger partial charge in [-0.2, -0.15) is 5.01 Å². The molecule has 1 heterocycles. The topological polar surface area (TPSA) is 127 Å². The van der Waals surface area contributed by atoms with Gasteiger partial charge in [-0.05, 0) is 79.8 Å². The quantitative estimate of drug-likeness (QED) is 0.126. The highest BCUT2D eigenvalue weighted by molar-refractivity contribution is 6.36. The van der Waals surface area contributed by atoms with Crippen LogP contribution in [-0.2, 0) is 9.59 Å². The van der Waals surface area contributed by atoms with Gasteiger partial charge in [0.1, 0.15) is 18.0 Å². The molecule has 1 saturated carbocycles. The van der Waals surface area contributed by atoms with E-state index in [1.807, 2.05) is 6.92 Å². The smallest absolute Gasteiger partial charge is 0.274 e. The molecule has 5 rings (SSSR count). The van der Waals surface area contributed by atoms with Gasteiger partial charge < -0.3 is 4.74 Å². The lowest BCUT2D eigenvalue weighted by Crippen LogP contribution is -2.52. The molecule has 3 aromatic carbocycles. The fourth-order valence-electron chi connectivity index (χ4n) is 5.35. The number of hydrazine groups is 1. The molecule has 0 unspecified atom stereocenters. The molecule has 10 nitrogen and oxygen atoms in total. The maximum atomic E-state index is 13.8. The van der Waals surface area contributed by atoms with E-state index in [4.69, 9.17) is 27.9 Å². The SMILES string of the molecule is C[C@@H]1CC[C@@H]2C(=O)N(N(CC(=O)c3ccc(Oc4ccc([N+](=O)[O-])cc4)cc3)C(=O)c3ccc(Cl)cc3Cl)C(=O)[C@@H]2C1. The first-order chi connectivity index (χ1) is 20.0. The van der Waals surface area contributed by atoms with Gasteiger partial charge in [0.2, 0.25) is 0 Å². The Morgan fingerprint density at radius 1 is 0.952 bits per heavy atom. The molecule has 1 aliphatic heterocycles. The third-order valence-corrected chi connectivity index (χ3v) is 8.10. The highest BCUT2D eigenvalue weighted by Gasteiger charge is 2.53. The zero-order valence-electron chi connectivity index (χ0n) is 22.4. The molecular weight excluding hydrogens is 585 g/mol. The van der Waals surface area contributed by atoms with Crippen molar-refractivity contribution >= 4 is 52.4 Å². The Kier molecular flexibility index (Phi) is 8.29. The third kappa shape index (κ3) is 5.86. The number of fused-ring (bicyclic) bond motifs is 1. The lowest BCUT2D eigenvalue weighted by atomic mass is 9.76. The monoisotopic (exact) mass is 609 g/mol. The average molecular weight is 610 g/mol. The van der Waals surface area contributed by atoms with Crippen molar-refractivity contribution in [3.05, 3.63) is 98.0 Å². The Hall–Kier alpha value is -4.28. The molecule has 0 N–H and O–H groups in total. The normalized spacial score (nSPS) is 19.8. The van der Waals surface area contributed by atoms with Crippen LogP contribution in [0.4, 0.5) is 5.69 Å². The summed E-state index contributed by atoms with van der Waals surface area (Å²) in [6.45, 7) is 1.43. The van der Waals surface area contributed by atoms with Crippen molar-refractivity contribution in [3.8, 4) is 11.5 Å². The maximum absolute atomic E-state index is 13.8. The van der Waals surface area contributed by atoms with Crippen LogP contribution in [0.25, 0.3) is 0 Å². The van der Waals surface area contributed by atoms with Crippen LogP contribution in [0, 0.1) is 27.9 Å². The largest absolute Gasteiger partial charge is 0.457 e. The first-order valence-electron chi connectivity index (χ1n) is 13.2. The van der Waals surface area contributed by atoms with Crippen LogP contribution >= 0.6 is 23.2 Å². The van der Waals surface area contributed by atoms with Gasteiger partial charge in [-0.25, -0.2) is 5.01 Å². The number of Topliss-reactive ketones (excluding diaryl/α,β-unsaturated/α-hetero) is 1. The van der Waals surface area contributed by atoms with Gasteiger partial charge >= 0.3 is 0 Å². The first kappa shape index (κ1) is 29.2. The molecule has 1 aliphatic carbocycles. The summed E-state index contributed by atoms with van der Waals surface area (Å²) in [7, 11) is 0. The molecule has 1 saturated heterocycles. The van der Waals surface area contributed by atoms with Crippen LogP contribution in [0.1, 0.15) is 46.9 Å². The second-order valence-electron chi connectivity index (χ2n) is 10.4. The van der Waals surface area contributed by atoms with Gasteiger partial charge in [0.05, 0.1) is 27.3 Å². The van der Waals surface area contributed by atoms with Crippen LogP contribution in [-0.4, -0.2) is 45.0 Å².